The summed E-state index contributed by atoms with van der Waals surface area (Å²) in [6.45, 7) is 4.92. The topological polar surface area (TPSA) is 3.24 Å². The predicted octanol–water partition coefficient (Wildman–Crippen LogP) is 13.3. The standard InChI is InChI=1S/C50H51N/c1-49(2)46-10-6-9-43(38-15-13-37(14-16-38)36-7-4-3-5-8-36)48(46)44-22-21-42(28-47(44)49)51(50-29-33-23-34(30-50)25-35(24-33)31-50)41-19-17-39(18-20-41)45-27-32-11-12-40(45)26-32/h3-10,13-22,28,32-35,40,45H,11-12,23-27,29-31H2,1-2H3. The predicted molar refractivity (Wildman–Crippen MR) is 213 cm³/mol. The molecule has 6 fully saturated rings. The largest absolute Gasteiger partial charge is 0.335 e. The van der Waals surface area contributed by atoms with Crippen molar-refractivity contribution >= 4 is 11.4 Å². The van der Waals surface area contributed by atoms with Gasteiger partial charge in [-0.15, -0.1) is 0 Å². The number of benzene rings is 5. The highest BCUT2D eigenvalue weighted by molar-refractivity contribution is 5.94. The molecular weight excluding hydrogens is 615 g/mol. The Labute approximate surface area is 305 Å². The van der Waals surface area contributed by atoms with Crippen LogP contribution in [0, 0.1) is 29.6 Å². The van der Waals surface area contributed by atoms with Crippen LogP contribution < -0.4 is 4.90 Å². The van der Waals surface area contributed by atoms with E-state index in [1.54, 1.807) is 5.56 Å². The summed E-state index contributed by atoms with van der Waals surface area (Å²) in [5.74, 6) is 5.39. The van der Waals surface area contributed by atoms with Gasteiger partial charge in [-0.05, 0) is 168 Å². The molecule has 256 valence electrons. The lowest BCUT2D eigenvalue weighted by Gasteiger charge is -2.61. The SMILES string of the molecule is CC1(C)c2cc(N(c3ccc(C4CC5CCC4C5)cc3)C34CC5CC(CC(C5)C3)C4)ccc2-c2c(-c3ccc(-c4ccccc4)cc3)cccc21. The van der Waals surface area contributed by atoms with Crippen molar-refractivity contribution in [1.29, 1.82) is 0 Å². The average molecular weight is 666 g/mol. The van der Waals surface area contributed by atoms with Gasteiger partial charge in [0.05, 0.1) is 0 Å². The lowest BCUT2D eigenvalue weighted by molar-refractivity contribution is 0.000548. The zero-order valence-corrected chi connectivity index (χ0v) is 30.5. The van der Waals surface area contributed by atoms with Gasteiger partial charge >= 0.3 is 0 Å². The van der Waals surface area contributed by atoms with Crippen molar-refractivity contribution < 1.29 is 0 Å². The van der Waals surface area contributed by atoms with E-state index >= 15 is 0 Å². The molecule has 0 radical (unpaired) electrons. The first-order valence-electron chi connectivity index (χ1n) is 20.3. The summed E-state index contributed by atoms with van der Waals surface area (Å²) in [6.07, 6.45) is 14.3. The summed E-state index contributed by atoms with van der Waals surface area (Å²) < 4.78 is 0. The zero-order chi connectivity index (χ0) is 33.9. The number of hydrogen-bond acceptors (Lipinski definition) is 1. The molecule has 6 bridgehead atoms. The Morgan fingerprint density at radius 1 is 0.510 bits per heavy atom. The molecule has 7 aliphatic carbocycles. The van der Waals surface area contributed by atoms with Crippen LogP contribution in [0.2, 0.25) is 0 Å². The van der Waals surface area contributed by atoms with Crippen LogP contribution >= 0.6 is 0 Å². The fourth-order valence-corrected chi connectivity index (χ4v) is 13.2. The Morgan fingerprint density at radius 2 is 1.18 bits per heavy atom. The lowest BCUT2D eigenvalue weighted by atomic mass is 9.52. The Hall–Kier alpha value is -4.10. The lowest BCUT2D eigenvalue weighted by Crippen LogP contribution is -2.58. The third-order valence-electron chi connectivity index (χ3n) is 15.0. The van der Waals surface area contributed by atoms with Crippen LogP contribution in [0.4, 0.5) is 11.4 Å². The van der Waals surface area contributed by atoms with Gasteiger partial charge in [0.2, 0.25) is 0 Å². The number of hydrogen-bond donors (Lipinski definition) is 0. The van der Waals surface area contributed by atoms with E-state index in [0.29, 0.717) is 0 Å². The highest BCUT2D eigenvalue weighted by Crippen LogP contribution is 2.61. The van der Waals surface area contributed by atoms with E-state index in [9.17, 15) is 0 Å². The van der Waals surface area contributed by atoms with Crippen LogP contribution in [0.5, 0.6) is 0 Å². The molecule has 12 rings (SSSR count). The van der Waals surface area contributed by atoms with Crippen molar-refractivity contribution in [3.63, 3.8) is 0 Å². The monoisotopic (exact) mass is 665 g/mol. The molecule has 0 aliphatic heterocycles. The summed E-state index contributed by atoms with van der Waals surface area (Å²) >= 11 is 0. The molecule has 7 aliphatic rings. The minimum atomic E-state index is -0.0700. The van der Waals surface area contributed by atoms with Crippen LogP contribution in [-0.4, -0.2) is 5.54 Å². The minimum absolute atomic E-state index is 0.0700. The molecule has 1 nitrogen and oxygen atoms in total. The molecule has 0 N–H and O–H groups in total. The maximum Gasteiger partial charge on any atom is 0.0459 e. The van der Waals surface area contributed by atoms with Gasteiger partial charge in [0, 0.05) is 22.3 Å². The number of rotatable bonds is 6. The van der Waals surface area contributed by atoms with Gasteiger partial charge in [0.15, 0.2) is 0 Å². The quantitative estimate of drug-likeness (QED) is 0.174. The molecule has 5 aromatic rings. The van der Waals surface area contributed by atoms with Gasteiger partial charge in [-0.3, -0.25) is 0 Å². The van der Waals surface area contributed by atoms with Crippen LogP contribution in [-0.2, 0) is 5.41 Å². The summed E-state index contributed by atoms with van der Waals surface area (Å²) in [6, 6.07) is 44.8. The van der Waals surface area contributed by atoms with Crippen molar-refractivity contribution in [2.24, 2.45) is 29.6 Å². The first-order chi connectivity index (χ1) is 24.9. The number of anilines is 2. The molecule has 0 aromatic heterocycles. The molecule has 3 atom stereocenters. The zero-order valence-electron chi connectivity index (χ0n) is 30.5. The highest BCUT2D eigenvalue weighted by Gasteiger charge is 2.54. The molecule has 51 heavy (non-hydrogen) atoms. The van der Waals surface area contributed by atoms with Crippen molar-refractivity contribution in [2.45, 2.75) is 94.9 Å². The molecule has 1 heteroatoms. The summed E-state index contributed by atoms with van der Waals surface area (Å²) in [5, 5.41) is 0. The van der Waals surface area contributed by atoms with Crippen LogP contribution in [0.15, 0.2) is 115 Å². The van der Waals surface area contributed by atoms with Crippen LogP contribution in [0.1, 0.15) is 101 Å². The fraction of sp³-hybridized carbons (Fsp3) is 0.400. The van der Waals surface area contributed by atoms with Gasteiger partial charge in [-0.25, -0.2) is 0 Å². The first kappa shape index (κ1) is 30.5. The van der Waals surface area contributed by atoms with Crippen molar-refractivity contribution in [2.75, 3.05) is 4.90 Å². The highest BCUT2D eigenvalue weighted by atomic mass is 15.2. The molecule has 0 amide bonds. The van der Waals surface area contributed by atoms with Crippen molar-refractivity contribution in [3.8, 4) is 33.4 Å². The van der Waals surface area contributed by atoms with Crippen molar-refractivity contribution in [1.82, 2.24) is 0 Å². The van der Waals surface area contributed by atoms with Crippen LogP contribution in [0.3, 0.4) is 0 Å². The smallest absolute Gasteiger partial charge is 0.0459 e. The Kier molecular flexibility index (Phi) is 6.70. The van der Waals surface area contributed by atoms with Gasteiger partial charge in [0.25, 0.3) is 0 Å². The normalized spacial score (nSPS) is 30.4. The third kappa shape index (κ3) is 4.72. The van der Waals surface area contributed by atoms with E-state index in [1.807, 2.05) is 0 Å². The Bertz CT molecular complexity index is 2080. The molecule has 0 saturated heterocycles. The van der Waals surface area contributed by atoms with E-state index in [4.69, 9.17) is 0 Å². The van der Waals surface area contributed by atoms with E-state index in [0.717, 1.165) is 35.5 Å². The first-order valence-corrected chi connectivity index (χ1v) is 20.3. The molecule has 3 unspecified atom stereocenters. The molecular formula is C50H51N. The molecule has 6 saturated carbocycles. The fourth-order valence-electron chi connectivity index (χ4n) is 13.2. The second-order valence-corrected chi connectivity index (χ2v) is 18.4. The second kappa shape index (κ2) is 11.2. The Morgan fingerprint density at radius 3 is 1.84 bits per heavy atom. The van der Waals surface area contributed by atoms with E-state index in [1.165, 1.54) is 120 Å². The molecule has 0 spiro atoms. The van der Waals surface area contributed by atoms with Gasteiger partial charge < -0.3 is 4.90 Å². The van der Waals surface area contributed by atoms with Gasteiger partial charge in [0.1, 0.15) is 0 Å². The second-order valence-electron chi connectivity index (χ2n) is 18.4. The summed E-state index contributed by atoms with van der Waals surface area (Å²) in [5.41, 5.74) is 15.6. The number of fused-ring (bicyclic) bond motifs is 5. The van der Waals surface area contributed by atoms with E-state index in [-0.39, 0.29) is 11.0 Å². The summed E-state index contributed by atoms with van der Waals surface area (Å²) in [4.78, 5) is 2.89. The molecule has 5 aromatic carbocycles. The Balaban J connectivity index is 1.00. The maximum atomic E-state index is 2.89. The molecule has 0 heterocycles. The van der Waals surface area contributed by atoms with Crippen LogP contribution in [0.25, 0.3) is 33.4 Å². The average Bonchev–Trinajstić information content (AvgIpc) is 3.85. The van der Waals surface area contributed by atoms with E-state index < -0.39 is 0 Å². The van der Waals surface area contributed by atoms with Gasteiger partial charge in [-0.1, -0.05) is 111 Å². The van der Waals surface area contributed by atoms with Crippen molar-refractivity contribution in [3.05, 3.63) is 132 Å². The number of nitrogens with zero attached hydrogens (tertiary/aromatic N) is 1. The summed E-state index contributed by atoms with van der Waals surface area (Å²) in [7, 11) is 0. The third-order valence-corrected chi connectivity index (χ3v) is 15.0. The minimum Gasteiger partial charge on any atom is -0.335 e. The van der Waals surface area contributed by atoms with E-state index in [2.05, 4.69) is 134 Å². The van der Waals surface area contributed by atoms with Gasteiger partial charge in [-0.2, -0.15) is 0 Å². The maximum absolute atomic E-state index is 2.89.